The minimum absolute atomic E-state index is 0.341. The number of rotatable bonds is 1. The van der Waals surface area contributed by atoms with E-state index in [1.54, 1.807) is 13.0 Å². The Bertz CT molecular complexity index is 1070. The van der Waals surface area contributed by atoms with Crippen molar-refractivity contribution in [3.63, 3.8) is 0 Å². The zero-order valence-corrected chi connectivity index (χ0v) is 13.2. The van der Waals surface area contributed by atoms with E-state index in [-0.39, 0.29) is 0 Å². The van der Waals surface area contributed by atoms with Crippen LogP contribution in [0.2, 0.25) is 0 Å². The molecule has 1 aromatic carbocycles. The molecule has 23 heavy (non-hydrogen) atoms. The van der Waals surface area contributed by atoms with Crippen molar-refractivity contribution in [3.05, 3.63) is 59.7 Å². The van der Waals surface area contributed by atoms with E-state index >= 15 is 0 Å². The fourth-order valence-electron chi connectivity index (χ4n) is 3.04. The zero-order valence-electron chi connectivity index (χ0n) is 13.2. The van der Waals surface area contributed by atoms with Crippen molar-refractivity contribution in [2.45, 2.75) is 13.8 Å². The maximum absolute atomic E-state index is 13.8. The van der Waals surface area contributed by atoms with Gasteiger partial charge in [-0.3, -0.25) is 0 Å². The van der Waals surface area contributed by atoms with E-state index < -0.39 is 5.95 Å². The molecule has 0 saturated heterocycles. The molecule has 3 aromatic heterocycles. The van der Waals surface area contributed by atoms with Crippen LogP contribution >= 0.6 is 0 Å². The van der Waals surface area contributed by atoms with Crippen LogP contribution in [-0.4, -0.2) is 4.98 Å². The lowest BCUT2D eigenvalue weighted by atomic mass is 10.0. The molecule has 0 bridgehead atoms. The van der Waals surface area contributed by atoms with Crippen LogP contribution in [0.4, 0.5) is 4.39 Å². The van der Waals surface area contributed by atoms with Crippen LogP contribution < -0.4 is 4.57 Å². The molecule has 0 radical (unpaired) electrons. The summed E-state index contributed by atoms with van der Waals surface area (Å²) in [6, 6.07) is 11.9. The molecule has 0 saturated carbocycles. The number of hydrogen-bond acceptors (Lipinski definition) is 2. The summed E-state index contributed by atoms with van der Waals surface area (Å²) in [6.07, 6.45) is 2.00. The quantitative estimate of drug-likeness (QED) is 0.389. The van der Waals surface area contributed by atoms with Crippen molar-refractivity contribution in [2.24, 2.45) is 7.05 Å². The van der Waals surface area contributed by atoms with Crippen LogP contribution in [0.15, 0.2) is 47.0 Å². The number of halogens is 1. The number of nitrogens with zero attached hydrogens (tertiary/aromatic N) is 2. The van der Waals surface area contributed by atoms with Crippen LogP contribution in [-0.2, 0) is 7.05 Å². The molecule has 4 aromatic rings. The second-order valence-corrected chi connectivity index (χ2v) is 5.88. The van der Waals surface area contributed by atoms with Crippen molar-refractivity contribution in [1.29, 1.82) is 0 Å². The van der Waals surface area contributed by atoms with Gasteiger partial charge in [-0.15, -0.1) is 0 Å². The number of hydrogen-bond donors (Lipinski definition) is 0. The summed E-state index contributed by atoms with van der Waals surface area (Å²) in [6.45, 7) is 3.77. The lowest BCUT2D eigenvalue weighted by Gasteiger charge is -2.04. The third-order valence-electron chi connectivity index (χ3n) is 4.28. The smallest absolute Gasteiger partial charge is 0.230 e. The second kappa shape index (κ2) is 4.88. The van der Waals surface area contributed by atoms with Crippen LogP contribution in [0.1, 0.15) is 11.1 Å². The van der Waals surface area contributed by atoms with Crippen LogP contribution in [0.5, 0.6) is 0 Å². The number of fused-ring (bicyclic) bond motifs is 3. The van der Waals surface area contributed by atoms with Gasteiger partial charge in [0.2, 0.25) is 17.4 Å². The molecular formula is C19H16FN2O+. The Morgan fingerprint density at radius 3 is 2.65 bits per heavy atom. The summed E-state index contributed by atoms with van der Waals surface area (Å²) in [7, 11) is 2.00. The Labute approximate surface area is 133 Å². The Morgan fingerprint density at radius 2 is 1.87 bits per heavy atom. The summed E-state index contributed by atoms with van der Waals surface area (Å²) in [5.74, 6) is -0.486. The average Bonchev–Trinajstić information content (AvgIpc) is 2.86. The second-order valence-electron chi connectivity index (χ2n) is 5.88. The molecule has 4 heteroatoms. The van der Waals surface area contributed by atoms with E-state index in [0.29, 0.717) is 11.3 Å². The highest BCUT2D eigenvalue weighted by Crippen LogP contribution is 2.36. The molecule has 0 aliphatic heterocycles. The highest BCUT2D eigenvalue weighted by molar-refractivity contribution is 6.08. The lowest BCUT2D eigenvalue weighted by Crippen LogP contribution is -2.30. The van der Waals surface area contributed by atoms with Gasteiger partial charge in [-0.2, -0.15) is 9.37 Å². The first kappa shape index (κ1) is 13.9. The first-order chi connectivity index (χ1) is 11.1. The maximum Gasteiger partial charge on any atom is 0.230 e. The molecule has 4 rings (SSSR count). The van der Waals surface area contributed by atoms with E-state index in [4.69, 9.17) is 4.42 Å². The Balaban J connectivity index is 2.16. The number of aromatic nitrogens is 2. The summed E-state index contributed by atoms with van der Waals surface area (Å²) in [4.78, 5) is 3.96. The van der Waals surface area contributed by atoms with Crippen molar-refractivity contribution in [3.8, 4) is 11.3 Å². The molecular weight excluding hydrogens is 291 g/mol. The standard InChI is InChI=1S/C19H16FN2O/c1-11-7-8-13-14-10-12(2)18(20)21-19(14)23-17(13)16(11)15-6-4-5-9-22(15)3/h4-10H,1-3H3/q+1. The molecule has 114 valence electrons. The molecule has 0 unspecified atom stereocenters. The normalized spacial score (nSPS) is 11.5. The number of furan rings is 1. The van der Waals surface area contributed by atoms with Crippen molar-refractivity contribution >= 4 is 22.1 Å². The summed E-state index contributed by atoms with van der Waals surface area (Å²) < 4.78 is 21.8. The Kier molecular flexibility index (Phi) is 2.94. The van der Waals surface area contributed by atoms with Gasteiger partial charge in [0.1, 0.15) is 7.05 Å². The van der Waals surface area contributed by atoms with Gasteiger partial charge in [0.15, 0.2) is 11.8 Å². The van der Waals surface area contributed by atoms with Crippen LogP contribution in [0.25, 0.3) is 33.3 Å². The van der Waals surface area contributed by atoms with E-state index in [1.165, 1.54) is 0 Å². The highest BCUT2D eigenvalue weighted by Gasteiger charge is 2.21. The topological polar surface area (TPSA) is 29.9 Å². The van der Waals surface area contributed by atoms with Gasteiger partial charge < -0.3 is 4.42 Å². The predicted molar refractivity (Wildman–Crippen MR) is 87.6 cm³/mol. The maximum atomic E-state index is 13.8. The van der Waals surface area contributed by atoms with Crippen molar-refractivity contribution < 1.29 is 13.4 Å². The average molecular weight is 307 g/mol. The Morgan fingerprint density at radius 1 is 1.04 bits per heavy atom. The first-order valence-corrected chi connectivity index (χ1v) is 7.50. The predicted octanol–water partition coefficient (Wildman–Crippen LogP) is 4.23. The minimum atomic E-state index is -0.486. The molecule has 0 N–H and O–H groups in total. The van der Waals surface area contributed by atoms with Gasteiger partial charge in [-0.25, -0.2) is 4.57 Å². The van der Waals surface area contributed by atoms with Gasteiger partial charge >= 0.3 is 0 Å². The molecule has 3 heterocycles. The van der Waals surface area contributed by atoms with E-state index in [0.717, 1.165) is 33.2 Å². The fraction of sp³-hybridized carbons (Fsp3) is 0.158. The Hall–Kier alpha value is -2.75. The molecule has 0 atom stereocenters. The van der Waals surface area contributed by atoms with Crippen molar-refractivity contribution in [2.75, 3.05) is 0 Å². The van der Waals surface area contributed by atoms with E-state index in [1.807, 2.05) is 49.0 Å². The van der Waals surface area contributed by atoms with Gasteiger partial charge in [0, 0.05) is 28.5 Å². The summed E-state index contributed by atoms with van der Waals surface area (Å²) >= 11 is 0. The number of aryl methyl sites for hydroxylation is 3. The zero-order chi connectivity index (χ0) is 16.1. The van der Waals surface area contributed by atoms with Gasteiger partial charge in [-0.1, -0.05) is 12.1 Å². The van der Waals surface area contributed by atoms with Gasteiger partial charge in [0.25, 0.3) is 0 Å². The van der Waals surface area contributed by atoms with Crippen LogP contribution in [0, 0.1) is 19.8 Å². The van der Waals surface area contributed by atoms with Gasteiger partial charge in [0.05, 0.1) is 5.56 Å². The molecule has 0 aliphatic rings. The molecule has 0 aliphatic carbocycles. The van der Waals surface area contributed by atoms with E-state index in [9.17, 15) is 4.39 Å². The lowest BCUT2D eigenvalue weighted by molar-refractivity contribution is -0.660. The van der Waals surface area contributed by atoms with Crippen LogP contribution in [0.3, 0.4) is 0 Å². The third kappa shape index (κ3) is 2.02. The van der Waals surface area contributed by atoms with Crippen molar-refractivity contribution in [1.82, 2.24) is 4.98 Å². The fourth-order valence-corrected chi connectivity index (χ4v) is 3.04. The monoisotopic (exact) mass is 307 g/mol. The largest absolute Gasteiger partial charge is 0.437 e. The molecule has 0 amide bonds. The van der Waals surface area contributed by atoms with Gasteiger partial charge in [-0.05, 0) is 31.5 Å². The molecule has 0 fully saturated rings. The minimum Gasteiger partial charge on any atom is -0.437 e. The first-order valence-electron chi connectivity index (χ1n) is 7.50. The molecule has 3 nitrogen and oxygen atoms in total. The third-order valence-corrected chi connectivity index (χ3v) is 4.28. The number of pyridine rings is 2. The highest BCUT2D eigenvalue weighted by atomic mass is 19.1. The SMILES string of the molecule is Cc1cc2c(nc1F)oc1c(-c3cccc[n+]3C)c(C)ccc12. The summed E-state index contributed by atoms with van der Waals surface area (Å²) in [5, 5.41) is 1.80. The molecule has 0 spiro atoms. The van der Waals surface area contributed by atoms with E-state index in [2.05, 4.69) is 11.1 Å². The summed E-state index contributed by atoms with van der Waals surface area (Å²) in [5.41, 5.74) is 4.78. The number of benzene rings is 1.